The van der Waals surface area contributed by atoms with Gasteiger partial charge in [0, 0.05) is 10.1 Å². The minimum absolute atomic E-state index is 0.144. The van der Waals surface area contributed by atoms with Crippen LogP contribution in [0.1, 0.15) is 46.1 Å². The van der Waals surface area contributed by atoms with Crippen LogP contribution in [0.15, 0.2) is 71.8 Å². The standard InChI is InChI=1S/C28H25ClN2O4S/c1-17(2)20-11-8-18(3)23(14-20)34-16-25(32)31-30-15-19-9-12-21(13-10-19)35-28(33)27-26(29)22-6-4-5-7-24(22)36-27/h4-15,17H,16H2,1-3H3,(H,31,32)/b30-15+. The Morgan fingerprint density at radius 2 is 1.83 bits per heavy atom. The summed E-state index contributed by atoms with van der Waals surface area (Å²) in [5, 5.41) is 5.19. The largest absolute Gasteiger partial charge is 0.483 e. The van der Waals surface area contributed by atoms with Crippen molar-refractivity contribution < 1.29 is 19.1 Å². The van der Waals surface area contributed by atoms with E-state index < -0.39 is 5.97 Å². The number of hydrogen-bond acceptors (Lipinski definition) is 6. The maximum absolute atomic E-state index is 12.6. The monoisotopic (exact) mass is 520 g/mol. The number of amides is 1. The van der Waals surface area contributed by atoms with Gasteiger partial charge in [-0.3, -0.25) is 4.79 Å². The Balaban J connectivity index is 1.29. The van der Waals surface area contributed by atoms with Crippen molar-refractivity contribution in [3.8, 4) is 11.5 Å². The zero-order valence-electron chi connectivity index (χ0n) is 20.1. The van der Waals surface area contributed by atoms with E-state index in [-0.39, 0.29) is 12.5 Å². The van der Waals surface area contributed by atoms with Gasteiger partial charge in [0.25, 0.3) is 5.91 Å². The normalized spacial score (nSPS) is 11.2. The summed E-state index contributed by atoms with van der Waals surface area (Å²) in [7, 11) is 0. The van der Waals surface area contributed by atoms with Gasteiger partial charge in [-0.05, 0) is 65.9 Å². The van der Waals surface area contributed by atoms with Crippen molar-refractivity contribution in [2.45, 2.75) is 26.7 Å². The Morgan fingerprint density at radius 3 is 2.56 bits per heavy atom. The van der Waals surface area contributed by atoms with E-state index >= 15 is 0 Å². The van der Waals surface area contributed by atoms with Crippen molar-refractivity contribution in [3.05, 3.63) is 93.3 Å². The maximum atomic E-state index is 12.6. The molecule has 36 heavy (non-hydrogen) atoms. The molecule has 0 unspecified atom stereocenters. The Hall–Kier alpha value is -3.68. The number of nitrogens with zero attached hydrogens (tertiary/aromatic N) is 1. The highest BCUT2D eigenvalue weighted by molar-refractivity contribution is 7.21. The number of hydrogen-bond donors (Lipinski definition) is 1. The van der Waals surface area contributed by atoms with Crippen LogP contribution in [0.25, 0.3) is 10.1 Å². The molecule has 1 heterocycles. The first-order valence-corrected chi connectivity index (χ1v) is 12.6. The number of aryl methyl sites for hydroxylation is 1. The number of halogens is 1. The van der Waals surface area contributed by atoms with Crippen LogP contribution < -0.4 is 14.9 Å². The Labute approximate surface area is 218 Å². The second kappa shape index (κ2) is 11.4. The third-order valence-corrected chi connectivity index (χ3v) is 7.11. The molecule has 4 rings (SSSR count). The molecule has 0 aliphatic carbocycles. The van der Waals surface area contributed by atoms with E-state index in [1.807, 2.05) is 43.3 Å². The highest BCUT2D eigenvalue weighted by Gasteiger charge is 2.19. The minimum Gasteiger partial charge on any atom is -0.483 e. The second-order valence-electron chi connectivity index (χ2n) is 8.46. The summed E-state index contributed by atoms with van der Waals surface area (Å²) in [4.78, 5) is 25.1. The van der Waals surface area contributed by atoms with Crippen molar-refractivity contribution in [2.75, 3.05) is 6.61 Å². The molecule has 6 nitrogen and oxygen atoms in total. The molecule has 0 bridgehead atoms. The summed E-state index contributed by atoms with van der Waals surface area (Å²) in [6.07, 6.45) is 1.50. The van der Waals surface area contributed by atoms with Gasteiger partial charge in [0.05, 0.1) is 11.2 Å². The lowest BCUT2D eigenvalue weighted by molar-refractivity contribution is -0.123. The Kier molecular flexibility index (Phi) is 8.03. The number of hydrazone groups is 1. The molecule has 0 fully saturated rings. The average Bonchev–Trinajstić information content (AvgIpc) is 3.21. The molecule has 4 aromatic rings. The summed E-state index contributed by atoms with van der Waals surface area (Å²) in [5.74, 6) is 0.551. The number of carbonyl (C=O) groups is 2. The molecular formula is C28H25ClN2O4S. The fourth-order valence-electron chi connectivity index (χ4n) is 3.41. The predicted molar refractivity (Wildman–Crippen MR) is 145 cm³/mol. The van der Waals surface area contributed by atoms with Gasteiger partial charge in [-0.2, -0.15) is 5.10 Å². The van der Waals surface area contributed by atoms with Crippen LogP contribution in [0, 0.1) is 6.92 Å². The van der Waals surface area contributed by atoms with E-state index in [1.54, 1.807) is 24.3 Å². The molecule has 0 spiro atoms. The number of benzene rings is 3. The Bertz CT molecular complexity index is 1430. The minimum atomic E-state index is -0.510. The van der Waals surface area contributed by atoms with E-state index in [0.29, 0.717) is 27.3 Å². The van der Waals surface area contributed by atoms with Gasteiger partial charge in [-0.15, -0.1) is 11.3 Å². The zero-order valence-corrected chi connectivity index (χ0v) is 21.7. The molecular weight excluding hydrogens is 496 g/mol. The SMILES string of the molecule is Cc1ccc(C(C)C)cc1OCC(=O)N/N=C/c1ccc(OC(=O)c2sc3ccccc3c2Cl)cc1. The lowest BCUT2D eigenvalue weighted by Crippen LogP contribution is -2.24. The smallest absolute Gasteiger partial charge is 0.355 e. The topological polar surface area (TPSA) is 77.0 Å². The number of ether oxygens (including phenoxy) is 2. The summed E-state index contributed by atoms with van der Waals surface area (Å²) < 4.78 is 12.1. The highest BCUT2D eigenvalue weighted by Crippen LogP contribution is 2.35. The summed E-state index contributed by atoms with van der Waals surface area (Å²) >= 11 is 7.65. The Morgan fingerprint density at radius 1 is 1.08 bits per heavy atom. The van der Waals surface area contributed by atoms with Crippen LogP contribution in [-0.2, 0) is 4.79 Å². The molecule has 1 amide bonds. The predicted octanol–water partition coefficient (Wildman–Crippen LogP) is 6.73. The number of carbonyl (C=O) groups excluding carboxylic acids is 2. The van der Waals surface area contributed by atoms with Gasteiger partial charge in [0.1, 0.15) is 16.4 Å². The molecule has 1 N–H and O–H groups in total. The highest BCUT2D eigenvalue weighted by atomic mass is 35.5. The van der Waals surface area contributed by atoms with Crippen molar-refractivity contribution >= 4 is 51.1 Å². The first-order valence-electron chi connectivity index (χ1n) is 11.4. The van der Waals surface area contributed by atoms with Crippen molar-refractivity contribution in [2.24, 2.45) is 5.10 Å². The van der Waals surface area contributed by atoms with Crippen LogP contribution in [0.4, 0.5) is 0 Å². The molecule has 0 radical (unpaired) electrons. The summed E-state index contributed by atoms with van der Waals surface area (Å²) in [6, 6.07) is 20.3. The van der Waals surface area contributed by atoms with Crippen LogP contribution in [-0.4, -0.2) is 24.7 Å². The molecule has 1 aromatic heterocycles. The molecule has 8 heteroatoms. The molecule has 0 saturated carbocycles. The molecule has 0 saturated heterocycles. The fraction of sp³-hybridized carbons (Fsp3) is 0.179. The first-order chi connectivity index (χ1) is 17.3. The number of esters is 1. The van der Waals surface area contributed by atoms with Crippen LogP contribution >= 0.6 is 22.9 Å². The third-order valence-electron chi connectivity index (χ3n) is 5.45. The number of fused-ring (bicyclic) bond motifs is 1. The molecule has 3 aromatic carbocycles. The van der Waals surface area contributed by atoms with Gasteiger partial charge in [-0.1, -0.05) is 55.8 Å². The van der Waals surface area contributed by atoms with Crippen molar-refractivity contribution in [1.82, 2.24) is 5.43 Å². The van der Waals surface area contributed by atoms with E-state index in [1.165, 1.54) is 17.6 Å². The van der Waals surface area contributed by atoms with Gasteiger partial charge < -0.3 is 9.47 Å². The quantitative estimate of drug-likeness (QED) is 0.121. The number of rotatable bonds is 8. The third kappa shape index (κ3) is 6.11. The van der Waals surface area contributed by atoms with Crippen LogP contribution in [0.3, 0.4) is 0 Å². The maximum Gasteiger partial charge on any atom is 0.355 e. The van der Waals surface area contributed by atoms with Gasteiger partial charge in [-0.25, -0.2) is 10.2 Å². The lowest BCUT2D eigenvalue weighted by Gasteiger charge is -2.12. The van der Waals surface area contributed by atoms with Crippen molar-refractivity contribution in [1.29, 1.82) is 0 Å². The summed E-state index contributed by atoms with van der Waals surface area (Å²) in [5.41, 5.74) is 5.28. The molecule has 0 aliphatic heterocycles. The molecule has 0 atom stereocenters. The lowest BCUT2D eigenvalue weighted by atomic mass is 10.0. The average molecular weight is 521 g/mol. The van der Waals surface area contributed by atoms with Crippen LogP contribution in [0.2, 0.25) is 5.02 Å². The fourth-order valence-corrected chi connectivity index (χ4v) is 4.79. The molecule has 184 valence electrons. The van der Waals surface area contributed by atoms with E-state index in [2.05, 4.69) is 30.4 Å². The first kappa shape index (κ1) is 25.4. The van der Waals surface area contributed by atoms with E-state index in [9.17, 15) is 9.59 Å². The summed E-state index contributed by atoms with van der Waals surface area (Å²) in [6.45, 7) is 6.00. The van der Waals surface area contributed by atoms with Crippen molar-refractivity contribution in [3.63, 3.8) is 0 Å². The second-order valence-corrected chi connectivity index (χ2v) is 9.89. The number of thiophene rings is 1. The zero-order chi connectivity index (χ0) is 25.7. The van der Waals surface area contributed by atoms with Gasteiger partial charge >= 0.3 is 5.97 Å². The van der Waals surface area contributed by atoms with E-state index in [4.69, 9.17) is 21.1 Å². The van der Waals surface area contributed by atoms with Gasteiger partial charge in [0.2, 0.25) is 0 Å². The molecule has 0 aliphatic rings. The van der Waals surface area contributed by atoms with E-state index in [0.717, 1.165) is 26.8 Å². The number of nitrogens with one attached hydrogen (secondary N) is 1. The van der Waals surface area contributed by atoms with Gasteiger partial charge in [0.15, 0.2) is 6.61 Å². The van der Waals surface area contributed by atoms with Crippen LogP contribution in [0.5, 0.6) is 11.5 Å².